The second-order valence-corrected chi connectivity index (χ2v) is 13.0. The second kappa shape index (κ2) is 9.11. The molecule has 0 atom stereocenters. The highest BCUT2D eigenvalue weighted by molar-refractivity contribution is 6.76. The van der Waals surface area contributed by atoms with Gasteiger partial charge in [-0.15, -0.1) is 0 Å². The molecule has 0 amide bonds. The molecule has 3 heteroatoms. The SMILES string of the molecule is CC(C)[Si](Cc1ccccc1)(Oc1ccc(-c2ccccc2C#N)cc1)C(C)C. The van der Waals surface area contributed by atoms with Crippen molar-refractivity contribution in [1.29, 1.82) is 5.26 Å². The van der Waals surface area contributed by atoms with Crippen LogP contribution in [0.25, 0.3) is 11.1 Å². The molecule has 148 valence electrons. The molecular formula is C26H29NOSi. The first kappa shape index (κ1) is 20.9. The summed E-state index contributed by atoms with van der Waals surface area (Å²) in [6.07, 6.45) is 0. The van der Waals surface area contributed by atoms with Crippen LogP contribution in [-0.2, 0) is 6.04 Å². The minimum atomic E-state index is -2.10. The second-order valence-electron chi connectivity index (χ2n) is 8.21. The molecule has 0 aromatic heterocycles. The molecule has 3 rings (SSSR count). The topological polar surface area (TPSA) is 33.0 Å². The van der Waals surface area contributed by atoms with Crippen molar-refractivity contribution >= 4 is 8.32 Å². The predicted octanol–water partition coefficient (Wildman–Crippen LogP) is 7.15. The molecule has 0 aliphatic rings. The van der Waals surface area contributed by atoms with Gasteiger partial charge in [-0.2, -0.15) is 5.26 Å². The predicted molar refractivity (Wildman–Crippen MR) is 123 cm³/mol. The third-order valence-electron chi connectivity index (χ3n) is 5.80. The van der Waals surface area contributed by atoms with Crippen LogP contribution in [0.5, 0.6) is 5.75 Å². The number of nitrogens with zero attached hydrogens (tertiary/aromatic N) is 1. The molecule has 3 aromatic rings. The Morgan fingerprint density at radius 2 is 1.38 bits per heavy atom. The molecular weight excluding hydrogens is 370 g/mol. The standard InChI is InChI=1S/C26H29NOSi/c1-20(2)29(21(3)4,19-22-10-6-5-7-11-22)28-25-16-14-23(15-17-25)26-13-9-8-12-24(26)18-27/h5-17,20-21H,19H2,1-4H3. The smallest absolute Gasteiger partial charge is 0.260 e. The fourth-order valence-corrected chi connectivity index (χ4v) is 8.16. The van der Waals surface area contributed by atoms with E-state index >= 15 is 0 Å². The van der Waals surface area contributed by atoms with Crippen LogP contribution in [-0.4, -0.2) is 8.32 Å². The summed E-state index contributed by atoms with van der Waals surface area (Å²) in [5.41, 5.74) is 5.02. The average molecular weight is 400 g/mol. The summed E-state index contributed by atoms with van der Waals surface area (Å²) in [7, 11) is -2.10. The molecule has 0 radical (unpaired) electrons. The van der Waals surface area contributed by atoms with Crippen molar-refractivity contribution in [2.24, 2.45) is 0 Å². The van der Waals surface area contributed by atoms with Gasteiger partial charge in [0.1, 0.15) is 5.75 Å². The molecule has 0 bridgehead atoms. The minimum absolute atomic E-state index is 0.488. The van der Waals surface area contributed by atoms with E-state index in [1.807, 2.05) is 24.3 Å². The van der Waals surface area contributed by atoms with E-state index in [2.05, 4.69) is 88.4 Å². The summed E-state index contributed by atoms with van der Waals surface area (Å²) in [6, 6.07) is 29.9. The number of nitriles is 1. The number of rotatable bonds is 7. The fourth-order valence-electron chi connectivity index (χ4n) is 4.02. The summed E-state index contributed by atoms with van der Waals surface area (Å²) in [5, 5.41) is 9.38. The van der Waals surface area contributed by atoms with Gasteiger partial charge < -0.3 is 4.43 Å². The van der Waals surface area contributed by atoms with E-state index < -0.39 is 8.32 Å². The molecule has 0 saturated heterocycles. The van der Waals surface area contributed by atoms with Crippen molar-refractivity contribution in [2.75, 3.05) is 0 Å². The van der Waals surface area contributed by atoms with Crippen LogP contribution in [0.15, 0.2) is 78.9 Å². The van der Waals surface area contributed by atoms with Crippen molar-refractivity contribution in [3.63, 3.8) is 0 Å². The van der Waals surface area contributed by atoms with Gasteiger partial charge in [-0.3, -0.25) is 0 Å². The van der Waals surface area contributed by atoms with Crippen LogP contribution in [0.2, 0.25) is 11.1 Å². The quantitative estimate of drug-likeness (QED) is 0.395. The Kier molecular flexibility index (Phi) is 6.56. The van der Waals surface area contributed by atoms with Gasteiger partial charge in [0.25, 0.3) is 8.32 Å². The van der Waals surface area contributed by atoms with Crippen LogP contribution >= 0.6 is 0 Å². The van der Waals surface area contributed by atoms with Crippen LogP contribution in [0, 0.1) is 11.3 Å². The van der Waals surface area contributed by atoms with Gasteiger partial charge in [0.05, 0.1) is 11.6 Å². The van der Waals surface area contributed by atoms with Gasteiger partial charge in [0.15, 0.2) is 0 Å². The summed E-state index contributed by atoms with van der Waals surface area (Å²) in [5.74, 6) is 0.924. The third-order valence-corrected chi connectivity index (χ3v) is 11.3. The molecule has 2 nitrogen and oxygen atoms in total. The van der Waals surface area contributed by atoms with Gasteiger partial charge in [-0.05, 0) is 46.0 Å². The molecule has 0 fully saturated rings. The van der Waals surface area contributed by atoms with Gasteiger partial charge in [0.2, 0.25) is 0 Å². The maximum atomic E-state index is 9.38. The molecule has 3 aromatic carbocycles. The first-order valence-corrected chi connectivity index (χ1v) is 12.6. The minimum Gasteiger partial charge on any atom is -0.543 e. The zero-order valence-corrected chi connectivity index (χ0v) is 18.7. The van der Waals surface area contributed by atoms with Gasteiger partial charge in [0, 0.05) is 6.04 Å². The van der Waals surface area contributed by atoms with Crippen molar-refractivity contribution in [3.8, 4) is 22.9 Å². The fraction of sp³-hybridized carbons (Fsp3) is 0.269. The Hall–Kier alpha value is -2.83. The van der Waals surface area contributed by atoms with Crippen LogP contribution < -0.4 is 4.43 Å². The van der Waals surface area contributed by atoms with E-state index in [0.29, 0.717) is 16.6 Å². The van der Waals surface area contributed by atoms with Gasteiger partial charge >= 0.3 is 0 Å². The number of benzene rings is 3. The van der Waals surface area contributed by atoms with E-state index in [0.717, 1.165) is 22.9 Å². The Balaban J connectivity index is 1.91. The zero-order valence-electron chi connectivity index (χ0n) is 17.7. The lowest BCUT2D eigenvalue weighted by molar-refractivity contribution is 0.495. The van der Waals surface area contributed by atoms with Gasteiger partial charge in [-0.1, -0.05) is 88.4 Å². The maximum Gasteiger partial charge on any atom is 0.260 e. The Morgan fingerprint density at radius 3 is 1.97 bits per heavy atom. The van der Waals surface area contributed by atoms with Crippen LogP contribution in [0.3, 0.4) is 0 Å². The molecule has 0 aliphatic heterocycles. The highest BCUT2D eigenvalue weighted by atomic mass is 28.4. The monoisotopic (exact) mass is 399 g/mol. The Bertz CT molecular complexity index is 964. The lowest BCUT2D eigenvalue weighted by Gasteiger charge is -2.39. The van der Waals surface area contributed by atoms with Crippen LogP contribution in [0.1, 0.15) is 38.8 Å². The average Bonchev–Trinajstić information content (AvgIpc) is 2.74. The Labute approximate surface area is 175 Å². The molecule has 0 heterocycles. The van der Waals surface area contributed by atoms with Gasteiger partial charge in [-0.25, -0.2) is 0 Å². The van der Waals surface area contributed by atoms with E-state index in [9.17, 15) is 5.26 Å². The molecule has 0 unspecified atom stereocenters. The largest absolute Gasteiger partial charge is 0.543 e. The van der Waals surface area contributed by atoms with E-state index in [1.165, 1.54) is 5.56 Å². The van der Waals surface area contributed by atoms with Crippen LogP contribution in [0.4, 0.5) is 0 Å². The highest BCUT2D eigenvalue weighted by Gasteiger charge is 2.44. The lowest BCUT2D eigenvalue weighted by atomic mass is 10.0. The first-order chi connectivity index (χ1) is 14.0. The first-order valence-electron chi connectivity index (χ1n) is 10.3. The van der Waals surface area contributed by atoms with Crippen molar-refractivity contribution < 1.29 is 4.43 Å². The number of hydrogen-bond acceptors (Lipinski definition) is 2. The normalized spacial score (nSPS) is 11.5. The summed E-state index contributed by atoms with van der Waals surface area (Å²) in [6.45, 7) is 9.19. The van der Waals surface area contributed by atoms with E-state index in [1.54, 1.807) is 0 Å². The number of hydrogen-bond donors (Lipinski definition) is 0. The molecule has 0 spiro atoms. The molecule has 0 saturated carbocycles. The van der Waals surface area contributed by atoms with E-state index in [4.69, 9.17) is 4.43 Å². The maximum absolute atomic E-state index is 9.38. The molecule has 0 aliphatic carbocycles. The summed E-state index contributed by atoms with van der Waals surface area (Å²) in [4.78, 5) is 0. The summed E-state index contributed by atoms with van der Waals surface area (Å²) >= 11 is 0. The zero-order chi connectivity index (χ0) is 20.9. The van der Waals surface area contributed by atoms with Crippen molar-refractivity contribution in [2.45, 2.75) is 44.8 Å². The highest BCUT2D eigenvalue weighted by Crippen LogP contribution is 2.38. The summed E-state index contributed by atoms with van der Waals surface area (Å²) < 4.78 is 6.85. The molecule has 29 heavy (non-hydrogen) atoms. The lowest BCUT2D eigenvalue weighted by Crippen LogP contribution is -2.50. The third kappa shape index (κ3) is 4.60. The van der Waals surface area contributed by atoms with E-state index in [-0.39, 0.29) is 0 Å². The Morgan fingerprint density at radius 1 is 0.793 bits per heavy atom. The molecule has 0 N–H and O–H groups in total. The van der Waals surface area contributed by atoms with Crippen molar-refractivity contribution in [1.82, 2.24) is 0 Å². The van der Waals surface area contributed by atoms with Crippen molar-refractivity contribution in [3.05, 3.63) is 90.0 Å².